The summed E-state index contributed by atoms with van der Waals surface area (Å²) >= 11 is 0. The third kappa shape index (κ3) is 8.96. The van der Waals surface area contributed by atoms with Gasteiger partial charge in [-0.05, 0) is 69.8 Å². The summed E-state index contributed by atoms with van der Waals surface area (Å²) in [7, 11) is 0. The van der Waals surface area contributed by atoms with Gasteiger partial charge in [-0.15, -0.1) is 0 Å². The number of cyclic esters (lactones) is 1. The zero-order valence-corrected chi connectivity index (χ0v) is 34.3. The molecule has 2 amide bonds. The normalized spacial score (nSPS) is 29.4. The highest BCUT2D eigenvalue weighted by molar-refractivity contribution is 6.18. The van der Waals surface area contributed by atoms with Crippen molar-refractivity contribution in [3.63, 3.8) is 0 Å². The zero-order valence-electron chi connectivity index (χ0n) is 34.3. The number of fused-ring (bicyclic) bond motifs is 1. The number of amides is 2. The van der Waals surface area contributed by atoms with Crippen LogP contribution in [0.5, 0.6) is 0 Å². The van der Waals surface area contributed by atoms with E-state index in [0.29, 0.717) is 45.6 Å². The molecule has 3 fully saturated rings. The number of nitrogens with zero attached hydrogens (tertiary/aromatic N) is 4. The maximum absolute atomic E-state index is 14.1. The maximum atomic E-state index is 14.1. The minimum atomic E-state index is -0.903. The Labute approximate surface area is 343 Å². The molecule has 2 saturated carbocycles. The minimum Gasteiger partial charge on any atom is -0.462 e. The summed E-state index contributed by atoms with van der Waals surface area (Å²) in [6, 6.07) is -2.78. The molecule has 18 nitrogen and oxygen atoms in total. The van der Waals surface area contributed by atoms with Gasteiger partial charge in [-0.1, -0.05) is 26.0 Å². The first-order valence-corrected chi connectivity index (χ1v) is 20.2. The number of nitrogens with two attached hydrogens (primary N) is 1. The van der Waals surface area contributed by atoms with Crippen molar-refractivity contribution in [2.75, 3.05) is 50.6 Å². The number of H-pyrrole nitrogens is 1. The summed E-state index contributed by atoms with van der Waals surface area (Å²) in [6.07, 6.45) is 8.11. The van der Waals surface area contributed by atoms with E-state index in [1.807, 2.05) is 13.8 Å². The van der Waals surface area contributed by atoms with Crippen LogP contribution in [0.15, 0.2) is 54.3 Å². The lowest BCUT2D eigenvalue weighted by Gasteiger charge is -2.62. The molecular weight excluding hydrogens is 763 g/mol. The Morgan fingerprint density at radius 3 is 2.51 bits per heavy atom. The molecule has 2 aromatic rings. The Bertz CT molecular complexity index is 1950. The van der Waals surface area contributed by atoms with Crippen LogP contribution in [0.2, 0.25) is 0 Å². The molecule has 59 heavy (non-hydrogen) atoms. The standard InChI is InChI=1S/C41H57N9O9/c1-7-58-37(56)33(25-19-45-38(42)46-20-25)30-16-26(36(55)59-30)29(47-23(3)34(53)49-39-43-10-11-44-39)17-27-22(2)28(48-24(4)35(54)50-12-14-57-15-13-50)18-31-40(27,5)9-8-32(52)41(31,6)21-51/h10-11,16,19-20,23-24,27-29,31-32,47-48,51-52H,2,7-9,12-15,17-18,21H2,1,3-6H3,(H2,42,45,46)(H2,43,44,49,53)/b33-30-/t23?,24?,27?,28?,29?,31?,32-,40-,41+/m1/s1. The van der Waals surface area contributed by atoms with Gasteiger partial charge in [-0.2, -0.15) is 0 Å². The van der Waals surface area contributed by atoms with Crippen molar-refractivity contribution in [3.8, 4) is 0 Å². The van der Waals surface area contributed by atoms with Crippen molar-refractivity contribution in [2.45, 2.75) is 90.6 Å². The molecule has 8 N–H and O–H groups in total. The molecule has 0 spiro atoms. The molecule has 2 aliphatic heterocycles. The van der Waals surface area contributed by atoms with Crippen molar-refractivity contribution in [1.29, 1.82) is 0 Å². The smallest absolute Gasteiger partial charge is 0.342 e. The highest BCUT2D eigenvalue weighted by Gasteiger charge is 2.60. The molecule has 6 rings (SSSR count). The molecule has 4 heterocycles. The van der Waals surface area contributed by atoms with Crippen LogP contribution in [-0.4, -0.2) is 129 Å². The number of nitrogen functional groups attached to an aromatic ring is 1. The van der Waals surface area contributed by atoms with Gasteiger partial charge in [0.15, 0.2) is 0 Å². The minimum absolute atomic E-state index is 0.0210. The Balaban J connectivity index is 1.41. The lowest BCUT2D eigenvalue weighted by molar-refractivity contribution is -0.157. The number of carbonyl (C=O) groups is 4. The Morgan fingerprint density at radius 2 is 1.86 bits per heavy atom. The first kappa shape index (κ1) is 43.6. The molecule has 2 aliphatic carbocycles. The van der Waals surface area contributed by atoms with Crippen LogP contribution in [0.1, 0.15) is 65.9 Å². The fourth-order valence-electron chi connectivity index (χ4n) is 9.43. The number of hydrogen-bond acceptors (Lipinski definition) is 15. The number of allylic oxidation sites excluding steroid dienone is 1. The molecule has 6 unspecified atom stereocenters. The molecule has 1 saturated heterocycles. The fraction of sp³-hybridized carbons (Fsp3) is 0.585. The number of aliphatic hydroxyl groups excluding tert-OH is 2. The zero-order chi connectivity index (χ0) is 42.6. The van der Waals surface area contributed by atoms with Crippen LogP contribution < -0.4 is 21.7 Å². The van der Waals surface area contributed by atoms with E-state index in [1.165, 1.54) is 24.7 Å². The van der Waals surface area contributed by atoms with Crippen molar-refractivity contribution in [2.24, 2.45) is 22.7 Å². The molecule has 0 aromatic carbocycles. The number of anilines is 2. The van der Waals surface area contributed by atoms with Gasteiger partial charge >= 0.3 is 11.9 Å². The highest BCUT2D eigenvalue weighted by atomic mass is 16.6. The number of aromatic amines is 1. The third-order valence-electron chi connectivity index (χ3n) is 12.8. The van der Waals surface area contributed by atoms with Crippen molar-refractivity contribution in [1.82, 2.24) is 35.5 Å². The summed E-state index contributed by atoms with van der Waals surface area (Å²) in [5, 5.41) is 32.0. The van der Waals surface area contributed by atoms with Crippen molar-refractivity contribution >= 4 is 41.2 Å². The molecule has 4 aliphatic rings. The Hall–Kier alpha value is -5.01. The molecule has 0 radical (unpaired) electrons. The van der Waals surface area contributed by atoms with Gasteiger partial charge in [-0.25, -0.2) is 24.5 Å². The van der Waals surface area contributed by atoms with E-state index in [2.05, 4.69) is 49.4 Å². The number of esters is 2. The lowest BCUT2D eigenvalue weighted by Crippen LogP contribution is -2.63. The van der Waals surface area contributed by atoms with Crippen molar-refractivity contribution in [3.05, 3.63) is 59.9 Å². The summed E-state index contributed by atoms with van der Waals surface area (Å²) < 4.78 is 16.6. The monoisotopic (exact) mass is 819 g/mol. The van der Waals surface area contributed by atoms with Gasteiger partial charge in [-0.3, -0.25) is 25.5 Å². The average molecular weight is 820 g/mol. The van der Waals surface area contributed by atoms with Crippen molar-refractivity contribution < 1.29 is 43.6 Å². The number of morpholine rings is 1. The molecule has 2 aromatic heterocycles. The largest absolute Gasteiger partial charge is 0.462 e. The number of aliphatic hydroxyl groups is 2. The number of hydrogen-bond donors (Lipinski definition) is 7. The quantitative estimate of drug-likeness (QED) is 0.0810. The summed E-state index contributed by atoms with van der Waals surface area (Å²) in [4.78, 5) is 71.5. The molecule has 0 bridgehead atoms. The number of aromatic nitrogens is 4. The summed E-state index contributed by atoms with van der Waals surface area (Å²) in [5.74, 6) is -2.56. The van der Waals surface area contributed by atoms with E-state index in [1.54, 1.807) is 24.9 Å². The summed E-state index contributed by atoms with van der Waals surface area (Å²) in [5.41, 5.74) is 5.30. The fourth-order valence-corrected chi connectivity index (χ4v) is 9.43. The first-order chi connectivity index (χ1) is 28.1. The topological polar surface area (TPSA) is 256 Å². The Kier molecular flexibility index (Phi) is 13.4. The van der Waals surface area contributed by atoms with Crippen LogP contribution in [0.25, 0.3) is 5.57 Å². The first-order valence-electron chi connectivity index (χ1n) is 20.2. The van der Waals surface area contributed by atoms with E-state index < -0.39 is 64.9 Å². The predicted molar refractivity (Wildman–Crippen MR) is 215 cm³/mol. The number of nitrogens with one attached hydrogen (secondary N) is 4. The van der Waals surface area contributed by atoms with E-state index >= 15 is 0 Å². The molecule has 9 atom stereocenters. The number of imidazole rings is 1. The van der Waals surface area contributed by atoms with Gasteiger partial charge in [0.2, 0.25) is 23.7 Å². The second-order valence-corrected chi connectivity index (χ2v) is 16.4. The number of carbonyl (C=O) groups excluding carboxylic acids is 4. The van der Waals surface area contributed by atoms with E-state index in [0.717, 1.165) is 5.57 Å². The van der Waals surface area contributed by atoms with Crippen LogP contribution >= 0.6 is 0 Å². The number of rotatable bonds is 14. The van der Waals surface area contributed by atoms with E-state index in [-0.39, 0.29) is 65.8 Å². The molecular formula is C41H57N9O9. The van der Waals surface area contributed by atoms with Gasteiger partial charge < -0.3 is 40.0 Å². The highest BCUT2D eigenvalue weighted by Crippen LogP contribution is 2.62. The van der Waals surface area contributed by atoms with Gasteiger partial charge in [0.25, 0.3) is 0 Å². The van der Waals surface area contributed by atoms with Gasteiger partial charge in [0.1, 0.15) is 11.3 Å². The number of ether oxygens (including phenoxy) is 3. The second kappa shape index (κ2) is 18.1. The van der Waals surface area contributed by atoms with E-state index in [9.17, 15) is 29.4 Å². The van der Waals surface area contributed by atoms with E-state index in [4.69, 9.17) is 19.9 Å². The van der Waals surface area contributed by atoms with Gasteiger partial charge in [0.05, 0.1) is 50.2 Å². The maximum Gasteiger partial charge on any atom is 0.342 e. The van der Waals surface area contributed by atoms with Gasteiger partial charge in [0, 0.05) is 60.9 Å². The second-order valence-electron chi connectivity index (χ2n) is 16.4. The third-order valence-corrected chi connectivity index (χ3v) is 12.8. The molecule has 320 valence electrons. The Morgan fingerprint density at radius 1 is 1.15 bits per heavy atom. The average Bonchev–Trinajstić information content (AvgIpc) is 3.88. The van der Waals surface area contributed by atoms with Crippen LogP contribution in [0, 0.1) is 22.7 Å². The van der Waals surface area contributed by atoms with Crippen LogP contribution in [0.3, 0.4) is 0 Å². The van der Waals surface area contributed by atoms with Crippen LogP contribution in [0.4, 0.5) is 11.9 Å². The van der Waals surface area contributed by atoms with Crippen LogP contribution in [-0.2, 0) is 33.4 Å². The lowest BCUT2D eigenvalue weighted by atomic mass is 9.45. The SMILES string of the molecule is C=C1C(NC(C)C(=O)N2CCOCC2)CC2[C@](C)(CC[C@@H](O)[C@@]2(C)CO)C1CC(NC(C)C(=O)Nc1ncc[nH]1)C1=C/C(=C(/C(=O)OCC)c2cnc(N)nc2)OC1=O. The summed E-state index contributed by atoms with van der Waals surface area (Å²) in [6.45, 7) is 15.4. The molecule has 18 heteroatoms. The predicted octanol–water partition coefficient (Wildman–Crippen LogP) is 1.47.